The van der Waals surface area contributed by atoms with Gasteiger partial charge in [0.05, 0.1) is 4.92 Å². The quantitative estimate of drug-likeness (QED) is 0.444. The third-order valence-electron chi connectivity index (χ3n) is 3.82. The number of nitrogens with zero attached hydrogens (tertiary/aromatic N) is 1. The van der Waals surface area contributed by atoms with E-state index in [0.717, 1.165) is 5.56 Å². The zero-order valence-electron chi connectivity index (χ0n) is 15.9. The molecule has 0 atom stereocenters. The highest BCUT2D eigenvalue weighted by atomic mass is 16.6. The maximum absolute atomic E-state index is 11.8. The molecule has 0 radical (unpaired) electrons. The number of carbonyl (C=O) groups is 2. The summed E-state index contributed by atoms with van der Waals surface area (Å²) in [7, 11) is 0. The van der Waals surface area contributed by atoms with Crippen LogP contribution in [0.4, 0.5) is 11.4 Å². The number of hydrogen-bond acceptors (Lipinski definition) is 6. The molecule has 0 fully saturated rings. The van der Waals surface area contributed by atoms with Gasteiger partial charge in [0.2, 0.25) is 0 Å². The SMILES string of the molecule is CC(C)(C)c1ccc(OCC(=O)OCC(=O)Nc2ccccc2[N+](=O)[O-])cc1. The van der Waals surface area contributed by atoms with Gasteiger partial charge in [-0.25, -0.2) is 4.79 Å². The third-order valence-corrected chi connectivity index (χ3v) is 3.82. The molecule has 148 valence electrons. The summed E-state index contributed by atoms with van der Waals surface area (Å²) in [6.45, 7) is 5.35. The van der Waals surface area contributed by atoms with Gasteiger partial charge in [-0.3, -0.25) is 14.9 Å². The Bertz CT molecular complexity index is 856. The largest absolute Gasteiger partial charge is 0.482 e. The number of nitrogens with one attached hydrogen (secondary N) is 1. The van der Waals surface area contributed by atoms with Crippen LogP contribution in [0.5, 0.6) is 5.75 Å². The Kier molecular flexibility index (Phi) is 6.70. The lowest BCUT2D eigenvalue weighted by molar-refractivity contribution is -0.383. The number of esters is 1. The predicted molar refractivity (Wildman–Crippen MR) is 103 cm³/mol. The van der Waals surface area contributed by atoms with Gasteiger partial charge in [0.15, 0.2) is 13.2 Å². The monoisotopic (exact) mass is 386 g/mol. The molecule has 28 heavy (non-hydrogen) atoms. The van der Waals surface area contributed by atoms with Crippen LogP contribution >= 0.6 is 0 Å². The van der Waals surface area contributed by atoms with Crippen LogP contribution in [0.15, 0.2) is 48.5 Å². The Labute approximate surface area is 162 Å². The second-order valence-corrected chi connectivity index (χ2v) is 7.05. The van der Waals surface area contributed by atoms with Crippen LogP contribution in [0.25, 0.3) is 0 Å². The van der Waals surface area contributed by atoms with E-state index in [2.05, 4.69) is 26.1 Å². The second-order valence-electron chi connectivity index (χ2n) is 7.05. The summed E-state index contributed by atoms with van der Waals surface area (Å²) in [5, 5.41) is 13.3. The van der Waals surface area contributed by atoms with Gasteiger partial charge in [0.25, 0.3) is 11.6 Å². The minimum absolute atomic E-state index is 0.0125. The molecule has 0 aliphatic rings. The van der Waals surface area contributed by atoms with Crippen LogP contribution in [0.3, 0.4) is 0 Å². The van der Waals surface area contributed by atoms with Crippen molar-refractivity contribution in [3.05, 3.63) is 64.2 Å². The standard InChI is InChI=1S/C20H22N2O6/c1-20(2,3)14-8-10-15(11-9-14)27-13-19(24)28-12-18(23)21-16-6-4-5-7-17(16)22(25)26/h4-11H,12-13H2,1-3H3,(H,21,23). The number of nitro benzene ring substituents is 1. The van der Waals surface area contributed by atoms with E-state index in [-0.39, 0.29) is 23.4 Å². The summed E-state index contributed by atoms with van der Waals surface area (Å²) < 4.78 is 10.2. The molecule has 8 nitrogen and oxygen atoms in total. The van der Waals surface area contributed by atoms with Gasteiger partial charge in [-0.1, -0.05) is 45.0 Å². The molecule has 2 rings (SSSR count). The molecule has 2 aromatic carbocycles. The van der Waals surface area contributed by atoms with E-state index in [1.807, 2.05) is 12.1 Å². The van der Waals surface area contributed by atoms with E-state index < -0.39 is 23.4 Å². The summed E-state index contributed by atoms with van der Waals surface area (Å²) in [4.78, 5) is 33.9. The van der Waals surface area contributed by atoms with Crippen LogP contribution in [-0.4, -0.2) is 30.0 Å². The molecule has 0 saturated heterocycles. The predicted octanol–water partition coefficient (Wildman–Crippen LogP) is 3.45. The molecule has 0 aromatic heterocycles. The van der Waals surface area contributed by atoms with Crippen LogP contribution in [0.1, 0.15) is 26.3 Å². The Morgan fingerprint density at radius 3 is 2.29 bits per heavy atom. The number of ether oxygens (including phenoxy) is 2. The summed E-state index contributed by atoms with van der Waals surface area (Å²) in [6.07, 6.45) is 0. The van der Waals surface area contributed by atoms with Crippen molar-refractivity contribution in [3.63, 3.8) is 0 Å². The fourth-order valence-electron chi connectivity index (χ4n) is 2.31. The normalized spacial score (nSPS) is 10.8. The van der Waals surface area contributed by atoms with E-state index in [1.165, 1.54) is 18.2 Å². The molecule has 1 amide bonds. The molecular formula is C20H22N2O6. The first kappa shape index (κ1) is 20.9. The van der Waals surface area contributed by atoms with Gasteiger partial charge in [0.1, 0.15) is 11.4 Å². The number of anilines is 1. The maximum Gasteiger partial charge on any atom is 0.344 e. The van der Waals surface area contributed by atoms with E-state index in [0.29, 0.717) is 5.75 Å². The van der Waals surface area contributed by atoms with Crippen molar-refractivity contribution in [1.29, 1.82) is 0 Å². The van der Waals surface area contributed by atoms with Crippen LogP contribution in [0.2, 0.25) is 0 Å². The van der Waals surface area contributed by atoms with Crippen LogP contribution in [-0.2, 0) is 19.7 Å². The Balaban J connectivity index is 1.79. The zero-order valence-corrected chi connectivity index (χ0v) is 15.9. The number of amides is 1. The molecule has 0 heterocycles. The molecule has 0 aliphatic carbocycles. The van der Waals surface area contributed by atoms with E-state index in [9.17, 15) is 19.7 Å². The van der Waals surface area contributed by atoms with Gasteiger partial charge in [0, 0.05) is 6.07 Å². The van der Waals surface area contributed by atoms with E-state index >= 15 is 0 Å². The summed E-state index contributed by atoms with van der Waals surface area (Å²) >= 11 is 0. The molecule has 0 spiro atoms. The Morgan fingerprint density at radius 2 is 1.68 bits per heavy atom. The van der Waals surface area contributed by atoms with Gasteiger partial charge in [-0.2, -0.15) is 0 Å². The minimum atomic E-state index is -0.724. The minimum Gasteiger partial charge on any atom is -0.482 e. The maximum atomic E-state index is 11.8. The molecule has 0 bridgehead atoms. The van der Waals surface area contributed by atoms with E-state index in [1.54, 1.807) is 18.2 Å². The topological polar surface area (TPSA) is 108 Å². The second kappa shape index (κ2) is 8.98. The highest BCUT2D eigenvalue weighted by molar-refractivity contribution is 5.94. The van der Waals surface area contributed by atoms with Crippen LogP contribution in [0, 0.1) is 10.1 Å². The molecule has 0 saturated carbocycles. The number of para-hydroxylation sites is 2. The molecule has 8 heteroatoms. The molecule has 0 unspecified atom stereocenters. The Hall–Kier alpha value is -3.42. The molecule has 2 aromatic rings. The average Bonchev–Trinajstić information content (AvgIpc) is 2.64. The summed E-state index contributed by atoms with van der Waals surface area (Å²) in [6, 6.07) is 13.0. The van der Waals surface area contributed by atoms with Crippen molar-refractivity contribution < 1.29 is 24.0 Å². The highest BCUT2D eigenvalue weighted by Gasteiger charge is 2.16. The smallest absolute Gasteiger partial charge is 0.344 e. The molecule has 1 N–H and O–H groups in total. The number of nitro groups is 1. The first-order chi connectivity index (χ1) is 13.2. The number of carbonyl (C=O) groups excluding carboxylic acids is 2. The number of benzene rings is 2. The van der Waals surface area contributed by atoms with Crippen molar-refractivity contribution in [3.8, 4) is 5.75 Å². The molecule has 0 aliphatic heterocycles. The summed E-state index contributed by atoms with van der Waals surface area (Å²) in [5.41, 5.74) is 0.931. The lowest BCUT2D eigenvalue weighted by Crippen LogP contribution is -2.24. The Morgan fingerprint density at radius 1 is 1.04 bits per heavy atom. The highest BCUT2D eigenvalue weighted by Crippen LogP contribution is 2.24. The van der Waals surface area contributed by atoms with Crippen molar-refractivity contribution in [2.75, 3.05) is 18.5 Å². The van der Waals surface area contributed by atoms with Crippen molar-refractivity contribution in [1.82, 2.24) is 0 Å². The van der Waals surface area contributed by atoms with Gasteiger partial charge in [-0.15, -0.1) is 0 Å². The fourth-order valence-corrected chi connectivity index (χ4v) is 2.31. The lowest BCUT2D eigenvalue weighted by Gasteiger charge is -2.19. The number of hydrogen-bond donors (Lipinski definition) is 1. The van der Waals surface area contributed by atoms with Crippen molar-refractivity contribution in [2.24, 2.45) is 0 Å². The van der Waals surface area contributed by atoms with Crippen molar-refractivity contribution >= 4 is 23.3 Å². The third kappa shape index (κ3) is 6.08. The lowest BCUT2D eigenvalue weighted by atomic mass is 9.87. The van der Waals surface area contributed by atoms with Gasteiger partial charge < -0.3 is 14.8 Å². The van der Waals surface area contributed by atoms with Crippen LogP contribution < -0.4 is 10.1 Å². The van der Waals surface area contributed by atoms with Gasteiger partial charge in [-0.05, 0) is 29.2 Å². The first-order valence-corrected chi connectivity index (χ1v) is 8.59. The van der Waals surface area contributed by atoms with Gasteiger partial charge >= 0.3 is 5.97 Å². The summed E-state index contributed by atoms with van der Waals surface area (Å²) in [5.74, 6) is -0.899. The zero-order chi connectivity index (χ0) is 20.7. The number of rotatable bonds is 7. The average molecular weight is 386 g/mol. The van der Waals surface area contributed by atoms with Crippen molar-refractivity contribution in [2.45, 2.75) is 26.2 Å². The fraction of sp³-hybridized carbons (Fsp3) is 0.300. The first-order valence-electron chi connectivity index (χ1n) is 8.59. The molecular weight excluding hydrogens is 364 g/mol. The van der Waals surface area contributed by atoms with E-state index in [4.69, 9.17) is 9.47 Å².